The van der Waals surface area contributed by atoms with Crippen LogP contribution in [0, 0.1) is 5.92 Å². The molecule has 0 radical (unpaired) electrons. The maximum absolute atomic E-state index is 12.2. The maximum Gasteiger partial charge on any atom is 0.251 e. The lowest BCUT2D eigenvalue weighted by Gasteiger charge is -2.15. The van der Waals surface area contributed by atoms with Gasteiger partial charge in [0.15, 0.2) is 0 Å². The number of nitrogens with one attached hydrogen (secondary N) is 1. The lowest BCUT2D eigenvalue weighted by atomic mass is 10.0. The van der Waals surface area contributed by atoms with Gasteiger partial charge in [-0.1, -0.05) is 29.3 Å². The minimum atomic E-state index is -0.102. The Labute approximate surface area is 129 Å². The number of alkyl halides is 1. The van der Waals surface area contributed by atoms with Crippen molar-refractivity contribution in [3.63, 3.8) is 0 Å². The molecule has 1 N–H and O–H groups in total. The van der Waals surface area contributed by atoms with Gasteiger partial charge in [-0.3, -0.25) is 4.79 Å². The molecular weight excluding hydrogens is 322 g/mol. The van der Waals surface area contributed by atoms with Gasteiger partial charge in [-0.25, -0.2) is 0 Å². The van der Waals surface area contributed by atoms with Gasteiger partial charge in [-0.15, -0.1) is 0 Å². The number of rotatable bonds is 8. The summed E-state index contributed by atoms with van der Waals surface area (Å²) in [5, 5.41) is 3.92. The third-order valence-electron chi connectivity index (χ3n) is 3.26. The molecule has 1 rings (SSSR count). The standard InChI is InChI=1S/C15H22BrNO3/c1-4-11(5-6-16)10-17-15(18)12-7-13(19-2)9-14(8-12)20-3/h7-9,11H,4-6,10H2,1-3H3,(H,17,18). The Morgan fingerprint density at radius 1 is 1.25 bits per heavy atom. The molecule has 5 heteroatoms. The molecule has 1 aromatic rings. The molecule has 0 spiro atoms. The van der Waals surface area contributed by atoms with E-state index in [1.54, 1.807) is 32.4 Å². The molecule has 20 heavy (non-hydrogen) atoms. The van der Waals surface area contributed by atoms with Crippen molar-refractivity contribution in [2.24, 2.45) is 5.92 Å². The van der Waals surface area contributed by atoms with Crippen LogP contribution < -0.4 is 14.8 Å². The predicted octanol–water partition coefficient (Wildman–Crippen LogP) is 3.24. The minimum absolute atomic E-state index is 0.102. The van der Waals surface area contributed by atoms with Crippen molar-refractivity contribution < 1.29 is 14.3 Å². The van der Waals surface area contributed by atoms with Crippen molar-refractivity contribution in [3.8, 4) is 11.5 Å². The van der Waals surface area contributed by atoms with Gasteiger partial charge in [0.2, 0.25) is 0 Å². The second-order valence-corrected chi connectivity index (χ2v) is 5.36. The molecule has 0 aliphatic carbocycles. The van der Waals surface area contributed by atoms with Gasteiger partial charge in [0.05, 0.1) is 14.2 Å². The molecule has 0 saturated carbocycles. The third-order valence-corrected chi connectivity index (χ3v) is 3.72. The van der Waals surface area contributed by atoms with Crippen molar-refractivity contribution in [2.45, 2.75) is 19.8 Å². The number of halogens is 1. The summed E-state index contributed by atoms with van der Waals surface area (Å²) in [5.74, 6) is 1.62. The Morgan fingerprint density at radius 2 is 1.85 bits per heavy atom. The summed E-state index contributed by atoms with van der Waals surface area (Å²) in [6.07, 6.45) is 2.10. The predicted molar refractivity (Wildman–Crippen MR) is 84.1 cm³/mol. The zero-order valence-electron chi connectivity index (χ0n) is 12.2. The van der Waals surface area contributed by atoms with E-state index in [1.807, 2.05) is 0 Å². The number of hydrogen-bond acceptors (Lipinski definition) is 3. The van der Waals surface area contributed by atoms with Crippen molar-refractivity contribution in [1.29, 1.82) is 0 Å². The topological polar surface area (TPSA) is 47.6 Å². The van der Waals surface area contributed by atoms with Crippen molar-refractivity contribution >= 4 is 21.8 Å². The van der Waals surface area contributed by atoms with E-state index in [9.17, 15) is 4.79 Å². The summed E-state index contributed by atoms with van der Waals surface area (Å²) in [6.45, 7) is 2.81. The van der Waals surface area contributed by atoms with E-state index in [0.717, 1.165) is 18.2 Å². The SMILES string of the molecule is CCC(CCBr)CNC(=O)c1cc(OC)cc(OC)c1. The van der Waals surface area contributed by atoms with E-state index in [1.165, 1.54) is 0 Å². The van der Waals surface area contributed by atoms with E-state index in [4.69, 9.17) is 9.47 Å². The zero-order valence-corrected chi connectivity index (χ0v) is 13.8. The minimum Gasteiger partial charge on any atom is -0.497 e. The Bertz CT molecular complexity index is 415. The number of hydrogen-bond donors (Lipinski definition) is 1. The van der Waals surface area contributed by atoms with Gasteiger partial charge in [-0.05, 0) is 24.5 Å². The van der Waals surface area contributed by atoms with Crippen LogP contribution in [-0.4, -0.2) is 32.0 Å². The first-order valence-corrected chi connectivity index (χ1v) is 7.84. The second-order valence-electron chi connectivity index (χ2n) is 4.56. The number of carbonyl (C=O) groups is 1. The van der Waals surface area contributed by atoms with Crippen molar-refractivity contribution in [1.82, 2.24) is 5.32 Å². The summed E-state index contributed by atoms with van der Waals surface area (Å²) < 4.78 is 10.3. The average molecular weight is 344 g/mol. The summed E-state index contributed by atoms with van der Waals surface area (Å²) in [5.41, 5.74) is 0.551. The first-order chi connectivity index (χ1) is 9.64. The summed E-state index contributed by atoms with van der Waals surface area (Å²) >= 11 is 3.43. The second kappa shape index (κ2) is 8.84. The molecule has 4 nitrogen and oxygen atoms in total. The van der Waals surface area contributed by atoms with Crippen molar-refractivity contribution in [3.05, 3.63) is 23.8 Å². The Hall–Kier alpha value is -1.23. The normalized spacial score (nSPS) is 11.8. The van der Waals surface area contributed by atoms with Crippen LogP contribution >= 0.6 is 15.9 Å². The lowest BCUT2D eigenvalue weighted by molar-refractivity contribution is 0.0946. The molecule has 1 atom stereocenters. The average Bonchev–Trinajstić information content (AvgIpc) is 2.50. The Morgan fingerprint density at radius 3 is 2.30 bits per heavy atom. The maximum atomic E-state index is 12.2. The number of carbonyl (C=O) groups excluding carboxylic acids is 1. The number of methoxy groups -OCH3 is 2. The first kappa shape index (κ1) is 16.8. The van der Waals surface area contributed by atoms with Crippen molar-refractivity contribution in [2.75, 3.05) is 26.1 Å². The highest BCUT2D eigenvalue weighted by molar-refractivity contribution is 9.09. The summed E-state index contributed by atoms with van der Waals surface area (Å²) in [6, 6.07) is 5.17. The van der Waals surface area contributed by atoms with Gasteiger partial charge < -0.3 is 14.8 Å². The smallest absolute Gasteiger partial charge is 0.251 e. The van der Waals surface area contributed by atoms with Crippen LogP contribution in [0.3, 0.4) is 0 Å². The zero-order chi connectivity index (χ0) is 15.0. The van der Waals surface area contributed by atoms with E-state index in [-0.39, 0.29) is 5.91 Å². The fourth-order valence-electron chi connectivity index (χ4n) is 1.88. The molecule has 1 unspecified atom stereocenters. The van der Waals surface area contributed by atoms with Crippen LogP contribution in [0.25, 0.3) is 0 Å². The number of benzene rings is 1. The van der Waals surface area contributed by atoms with Gasteiger partial charge in [-0.2, -0.15) is 0 Å². The van der Waals surface area contributed by atoms with Crippen LogP contribution in [0.5, 0.6) is 11.5 Å². The highest BCUT2D eigenvalue weighted by Crippen LogP contribution is 2.22. The third kappa shape index (κ3) is 5.04. The van der Waals surface area contributed by atoms with Gasteiger partial charge >= 0.3 is 0 Å². The molecule has 1 amide bonds. The largest absolute Gasteiger partial charge is 0.497 e. The first-order valence-electron chi connectivity index (χ1n) is 6.71. The highest BCUT2D eigenvalue weighted by atomic mass is 79.9. The van der Waals surface area contributed by atoms with E-state index in [2.05, 4.69) is 28.2 Å². The lowest BCUT2D eigenvalue weighted by Crippen LogP contribution is -2.29. The number of ether oxygens (including phenoxy) is 2. The molecule has 0 heterocycles. The quantitative estimate of drug-likeness (QED) is 0.737. The fraction of sp³-hybridized carbons (Fsp3) is 0.533. The van der Waals surface area contributed by atoms with Crippen LogP contribution in [0.1, 0.15) is 30.1 Å². The summed E-state index contributed by atoms with van der Waals surface area (Å²) in [4.78, 5) is 12.2. The Balaban J connectivity index is 2.71. The molecule has 0 bridgehead atoms. The molecule has 0 aromatic heterocycles. The number of amides is 1. The molecule has 0 fully saturated rings. The van der Waals surface area contributed by atoms with Gasteiger partial charge in [0.1, 0.15) is 11.5 Å². The molecule has 1 aromatic carbocycles. The highest BCUT2D eigenvalue weighted by Gasteiger charge is 2.12. The van der Waals surface area contributed by atoms with Crippen LogP contribution in [0.2, 0.25) is 0 Å². The van der Waals surface area contributed by atoms with Crippen LogP contribution in [0.15, 0.2) is 18.2 Å². The van der Waals surface area contributed by atoms with Crippen LogP contribution in [0.4, 0.5) is 0 Å². The van der Waals surface area contributed by atoms with E-state index >= 15 is 0 Å². The molecular formula is C15H22BrNO3. The molecule has 0 aliphatic rings. The Kier molecular flexibility index (Phi) is 7.44. The molecule has 112 valence electrons. The fourth-order valence-corrected chi connectivity index (χ4v) is 2.53. The summed E-state index contributed by atoms with van der Waals surface area (Å²) in [7, 11) is 3.14. The van der Waals surface area contributed by atoms with E-state index in [0.29, 0.717) is 29.5 Å². The van der Waals surface area contributed by atoms with E-state index < -0.39 is 0 Å². The molecule has 0 aliphatic heterocycles. The van der Waals surface area contributed by atoms with Gasteiger partial charge in [0, 0.05) is 23.5 Å². The van der Waals surface area contributed by atoms with Crippen LogP contribution in [-0.2, 0) is 0 Å². The monoisotopic (exact) mass is 343 g/mol. The molecule has 0 saturated heterocycles. The van der Waals surface area contributed by atoms with Gasteiger partial charge in [0.25, 0.3) is 5.91 Å².